The van der Waals surface area contributed by atoms with Crippen molar-refractivity contribution in [2.24, 2.45) is 0 Å². The van der Waals surface area contributed by atoms with Crippen molar-refractivity contribution >= 4 is 0 Å². The summed E-state index contributed by atoms with van der Waals surface area (Å²) in [6.07, 6.45) is 2.74. The molecule has 2 heterocycles. The molecule has 1 fully saturated rings. The smallest absolute Gasteiger partial charge is 0.228 e. The van der Waals surface area contributed by atoms with Crippen molar-refractivity contribution in [3.63, 3.8) is 0 Å². The van der Waals surface area contributed by atoms with E-state index < -0.39 is 0 Å². The van der Waals surface area contributed by atoms with E-state index in [1.807, 2.05) is 25.2 Å². The van der Waals surface area contributed by atoms with E-state index in [1.54, 1.807) is 0 Å². The maximum atomic E-state index is 5.57. The minimum Gasteiger partial charge on any atom is -0.370 e. The molecule has 0 saturated carbocycles. The van der Waals surface area contributed by atoms with Crippen LogP contribution in [0.2, 0.25) is 0 Å². The predicted molar refractivity (Wildman–Crippen MR) is 74.2 cm³/mol. The summed E-state index contributed by atoms with van der Waals surface area (Å²) in [5.74, 6) is 1.33. The average Bonchev–Trinajstić information content (AvgIpc) is 3.16. The van der Waals surface area contributed by atoms with Crippen LogP contribution in [0.4, 0.5) is 0 Å². The lowest BCUT2D eigenvalue weighted by atomic mass is 10.0. The van der Waals surface area contributed by atoms with E-state index >= 15 is 0 Å². The highest BCUT2D eigenvalue weighted by Gasteiger charge is 2.24. The summed E-state index contributed by atoms with van der Waals surface area (Å²) >= 11 is 0. The van der Waals surface area contributed by atoms with E-state index in [-0.39, 0.29) is 12.1 Å². The second-order valence-electron chi connectivity index (χ2n) is 5.00. The van der Waals surface area contributed by atoms with Gasteiger partial charge in [-0.15, -0.1) is 0 Å². The molecule has 3 rings (SSSR count). The number of ether oxygens (including phenoxy) is 1. The zero-order valence-electron chi connectivity index (χ0n) is 11.6. The van der Waals surface area contributed by atoms with Gasteiger partial charge in [-0.1, -0.05) is 35.5 Å². The van der Waals surface area contributed by atoms with Gasteiger partial charge in [0.15, 0.2) is 0 Å². The number of likely N-dealkylation sites (N-methyl/N-ethyl adjacent to an activating group) is 1. The number of rotatable bonds is 5. The summed E-state index contributed by atoms with van der Waals surface area (Å²) in [6, 6.07) is 10.4. The van der Waals surface area contributed by atoms with E-state index in [9.17, 15) is 0 Å². The van der Waals surface area contributed by atoms with Crippen molar-refractivity contribution in [2.45, 2.75) is 31.4 Å². The van der Waals surface area contributed by atoms with Crippen LogP contribution in [0, 0.1) is 0 Å². The Morgan fingerprint density at radius 2 is 2.20 bits per heavy atom. The number of benzene rings is 1. The van der Waals surface area contributed by atoms with Crippen LogP contribution >= 0.6 is 0 Å². The number of hydrogen-bond donors (Lipinski definition) is 1. The SMILES string of the molecule is CNC(Cc1nc(C2CCCO2)no1)c1ccccc1. The van der Waals surface area contributed by atoms with Gasteiger partial charge >= 0.3 is 0 Å². The van der Waals surface area contributed by atoms with Crippen LogP contribution in [-0.4, -0.2) is 23.8 Å². The molecule has 106 valence electrons. The Labute approximate surface area is 118 Å². The van der Waals surface area contributed by atoms with Crippen molar-refractivity contribution in [1.82, 2.24) is 15.5 Å². The van der Waals surface area contributed by atoms with Crippen LogP contribution in [0.1, 0.15) is 42.3 Å². The number of aromatic nitrogens is 2. The van der Waals surface area contributed by atoms with Crippen LogP contribution in [0.15, 0.2) is 34.9 Å². The third-order valence-corrected chi connectivity index (χ3v) is 3.63. The summed E-state index contributed by atoms with van der Waals surface area (Å²) in [4.78, 5) is 4.46. The van der Waals surface area contributed by atoms with Gasteiger partial charge < -0.3 is 14.6 Å². The first-order valence-corrected chi connectivity index (χ1v) is 7.03. The Bertz CT molecular complexity index is 535. The summed E-state index contributed by atoms with van der Waals surface area (Å²) in [6.45, 7) is 0.789. The van der Waals surface area contributed by atoms with Gasteiger partial charge in [-0.05, 0) is 25.5 Å². The van der Waals surface area contributed by atoms with E-state index in [0.29, 0.717) is 18.1 Å². The largest absolute Gasteiger partial charge is 0.370 e. The van der Waals surface area contributed by atoms with Gasteiger partial charge in [-0.3, -0.25) is 0 Å². The predicted octanol–water partition coefficient (Wildman–Crippen LogP) is 2.42. The fourth-order valence-corrected chi connectivity index (χ4v) is 2.51. The first-order valence-electron chi connectivity index (χ1n) is 7.03. The first-order chi connectivity index (χ1) is 9.86. The van der Waals surface area contributed by atoms with E-state index in [1.165, 1.54) is 5.56 Å². The summed E-state index contributed by atoms with van der Waals surface area (Å²) < 4.78 is 10.9. The van der Waals surface area contributed by atoms with Gasteiger partial charge in [0.05, 0.1) is 0 Å². The molecule has 5 heteroatoms. The Morgan fingerprint density at radius 1 is 1.35 bits per heavy atom. The molecule has 1 aromatic carbocycles. The van der Waals surface area contributed by atoms with Crippen LogP contribution in [0.25, 0.3) is 0 Å². The van der Waals surface area contributed by atoms with Gasteiger partial charge in [0.1, 0.15) is 6.10 Å². The van der Waals surface area contributed by atoms with Crippen molar-refractivity contribution in [1.29, 1.82) is 0 Å². The number of nitrogens with one attached hydrogen (secondary N) is 1. The highest BCUT2D eigenvalue weighted by atomic mass is 16.5. The molecular formula is C15H19N3O2. The molecule has 2 unspecified atom stereocenters. The van der Waals surface area contributed by atoms with E-state index in [0.717, 1.165) is 19.4 Å². The molecule has 0 amide bonds. The third-order valence-electron chi connectivity index (χ3n) is 3.63. The molecule has 1 saturated heterocycles. The lowest BCUT2D eigenvalue weighted by Crippen LogP contribution is -2.18. The summed E-state index contributed by atoms with van der Waals surface area (Å²) in [5.41, 5.74) is 1.21. The number of nitrogens with zero attached hydrogens (tertiary/aromatic N) is 2. The molecule has 0 aliphatic carbocycles. The Hall–Kier alpha value is -1.72. The minimum atomic E-state index is 0.0114. The maximum Gasteiger partial charge on any atom is 0.228 e. The molecule has 0 spiro atoms. The van der Waals surface area contributed by atoms with Gasteiger partial charge in [-0.25, -0.2) is 0 Å². The molecule has 20 heavy (non-hydrogen) atoms. The summed E-state index contributed by atoms with van der Waals surface area (Å²) in [7, 11) is 1.94. The van der Waals surface area contributed by atoms with Crippen molar-refractivity contribution < 1.29 is 9.26 Å². The molecule has 0 bridgehead atoms. The van der Waals surface area contributed by atoms with Crippen molar-refractivity contribution in [3.05, 3.63) is 47.6 Å². The molecule has 2 aromatic rings. The molecule has 0 radical (unpaired) electrons. The average molecular weight is 273 g/mol. The maximum absolute atomic E-state index is 5.57. The van der Waals surface area contributed by atoms with E-state index in [4.69, 9.17) is 9.26 Å². The zero-order chi connectivity index (χ0) is 13.8. The van der Waals surface area contributed by atoms with Crippen LogP contribution < -0.4 is 5.32 Å². The quantitative estimate of drug-likeness (QED) is 0.906. The molecular weight excluding hydrogens is 254 g/mol. The molecule has 1 N–H and O–H groups in total. The standard InChI is InChI=1S/C15H19N3O2/c1-16-12(11-6-3-2-4-7-11)10-14-17-15(18-20-14)13-8-5-9-19-13/h2-4,6-7,12-13,16H,5,8-10H2,1H3. The fourth-order valence-electron chi connectivity index (χ4n) is 2.51. The summed E-state index contributed by atoms with van der Waals surface area (Å²) in [5, 5.41) is 7.33. The third kappa shape index (κ3) is 2.89. The monoisotopic (exact) mass is 273 g/mol. The number of hydrogen-bond acceptors (Lipinski definition) is 5. The normalized spacial score (nSPS) is 20.1. The fraction of sp³-hybridized carbons (Fsp3) is 0.467. The lowest BCUT2D eigenvalue weighted by Gasteiger charge is -2.13. The molecule has 2 atom stereocenters. The Morgan fingerprint density at radius 3 is 2.90 bits per heavy atom. The molecule has 1 aliphatic rings. The van der Waals surface area contributed by atoms with Crippen LogP contribution in [-0.2, 0) is 11.2 Å². The zero-order valence-corrected chi connectivity index (χ0v) is 11.6. The van der Waals surface area contributed by atoms with E-state index in [2.05, 4.69) is 27.6 Å². The van der Waals surface area contributed by atoms with Crippen molar-refractivity contribution in [3.8, 4) is 0 Å². The molecule has 1 aromatic heterocycles. The second kappa shape index (κ2) is 6.15. The van der Waals surface area contributed by atoms with Crippen LogP contribution in [0.3, 0.4) is 0 Å². The Kier molecular flexibility index (Phi) is 4.08. The van der Waals surface area contributed by atoms with Gasteiger partial charge in [0, 0.05) is 19.1 Å². The van der Waals surface area contributed by atoms with Gasteiger partial charge in [0.2, 0.25) is 11.7 Å². The van der Waals surface area contributed by atoms with Crippen LogP contribution in [0.5, 0.6) is 0 Å². The molecule has 5 nitrogen and oxygen atoms in total. The molecule has 1 aliphatic heterocycles. The lowest BCUT2D eigenvalue weighted by molar-refractivity contribution is 0.103. The first kappa shape index (κ1) is 13.3. The van der Waals surface area contributed by atoms with Gasteiger partial charge in [0.25, 0.3) is 0 Å². The highest BCUT2D eigenvalue weighted by Crippen LogP contribution is 2.26. The second-order valence-corrected chi connectivity index (χ2v) is 5.00. The highest BCUT2D eigenvalue weighted by molar-refractivity contribution is 5.19. The topological polar surface area (TPSA) is 60.2 Å². The minimum absolute atomic E-state index is 0.0114. The van der Waals surface area contributed by atoms with Crippen molar-refractivity contribution in [2.75, 3.05) is 13.7 Å². The van der Waals surface area contributed by atoms with Gasteiger partial charge in [-0.2, -0.15) is 4.98 Å². The Balaban J connectivity index is 1.70.